The molecule has 2 aromatic carbocycles. The number of hydrogen-bond donors (Lipinski definition) is 2. The van der Waals surface area contributed by atoms with Gasteiger partial charge in [-0.15, -0.1) is 0 Å². The van der Waals surface area contributed by atoms with Gasteiger partial charge in [-0.3, -0.25) is 0 Å². The molecule has 1 fully saturated rings. The molecule has 0 spiro atoms. The molecule has 0 radical (unpaired) electrons. The smallest absolute Gasteiger partial charge is 0.229 e. The third kappa shape index (κ3) is 5.25. The molecule has 1 saturated heterocycles. The van der Waals surface area contributed by atoms with E-state index in [1.54, 1.807) is 0 Å². The second kappa shape index (κ2) is 8.95. The van der Waals surface area contributed by atoms with E-state index in [9.17, 15) is 0 Å². The first-order valence-electron chi connectivity index (χ1n) is 10.4. The Hall–Kier alpha value is -3.08. The fourth-order valence-electron chi connectivity index (χ4n) is 3.77. The van der Waals surface area contributed by atoms with Crippen molar-refractivity contribution in [2.45, 2.75) is 39.7 Å². The van der Waals surface area contributed by atoms with Crippen LogP contribution in [0.15, 0.2) is 54.6 Å². The largest absolute Gasteiger partial charge is 0.372 e. The number of aromatic nitrogens is 2. The number of rotatable bonds is 6. The van der Waals surface area contributed by atoms with E-state index in [-0.39, 0.29) is 0 Å². The van der Waals surface area contributed by atoms with Crippen LogP contribution in [0.25, 0.3) is 0 Å². The second-order valence-electron chi connectivity index (χ2n) is 7.78. The number of benzene rings is 2. The van der Waals surface area contributed by atoms with Gasteiger partial charge in [-0.05, 0) is 62.9 Å². The van der Waals surface area contributed by atoms with Crippen LogP contribution in [0.3, 0.4) is 0 Å². The van der Waals surface area contributed by atoms with Crippen molar-refractivity contribution in [3.05, 3.63) is 71.4 Å². The Bertz CT molecular complexity index is 946. The summed E-state index contributed by atoms with van der Waals surface area (Å²) in [6, 6.07) is 19.0. The Balaban J connectivity index is 1.42. The highest BCUT2D eigenvalue weighted by Gasteiger charge is 2.11. The lowest BCUT2D eigenvalue weighted by atomic mass is 10.1. The maximum absolute atomic E-state index is 4.63. The topological polar surface area (TPSA) is 53.1 Å². The van der Waals surface area contributed by atoms with Crippen LogP contribution in [0.4, 0.5) is 23.1 Å². The molecule has 2 N–H and O–H groups in total. The van der Waals surface area contributed by atoms with Crippen LogP contribution in [0.2, 0.25) is 0 Å². The lowest BCUT2D eigenvalue weighted by Gasteiger charge is -2.28. The predicted octanol–water partition coefficient (Wildman–Crippen LogP) is 5.44. The van der Waals surface area contributed by atoms with Gasteiger partial charge in [0, 0.05) is 42.8 Å². The average Bonchev–Trinajstić information content (AvgIpc) is 2.73. The molecule has 0 amide bonds. The van der Waals surface area contributed by atoms with Crippen molar-refractivity contribution in [2.75, 3.05) is 28.6 Å². The van der Waals surface area contributed by atoms with E-state index in [4.69, 9.17) is 0 Å². The minimum Gasteiger partial charge on any atom is -0.372 e. The molecule has 5 heteroatoms. The van der Waals surface area contributed by atoms with Crippen molar-refractivity contribution in [1.82, 2.24) is 9.97 Å². The van der Waals surface area contributed by atoms with Crippen LogP contribution < -0.4 is 15.5 Å². The van der Waals surface area contributed by atoms with Crippen molar-refractivity contribution < 1.29 is 0 Å². The lowest BCUT2D eigenvalue weighted by molar-refractivity contribution is 0.578. The van der Waals surface area contributed by atoms with Gasteiger partial charge in [-0.25, -0.2) is 4.98 Å². The van der Waals surface area contributed by atoms with Crippen molar-refractivity contribution in [1.29, 1.82) is 0 Å². The molecule has 2 heterocycles. The first kappa shape index (κ1) is 19.2. The predicted molar refractivity (Wildman–Crippen MR) is 121 cm³/mol. The van der Waals surface area contributed by atoms with E-state index in [2.05, 4.69) is 81.0 Å². The van der Waals surface area contributed by atoms with E-state index in [1.165, 1.54) is 36.1 Å². The molecule has 1 aliphatic heterocycles. The Kier molecular flexibility index (Phi) is 5.94. The van der Waals surface area contributed by atoms with Gasteiger partial charge >= 0.3 is 0 Å². The van der Waals surface area contributed by atoms with Gasteiger partial charge in [0.2, 0.25) is 5.95 Å². The Morgan fingerprint density at radius 3 is 2.45 bits per heavy atom. The molecule has 3 aromatic rings. The molecule has 0 bridgehead atoms. The Morgan fingerprint density at radius 2 is 1.69 bits per heavy atom. The van der Waals surface area contributed by atoms with Crippen LogP contribution in [-0.4, -0.2) is 23.1 Å². The summed E-state index contributed by atoms with van der Waals surface area (Å²) >= 11 is 0. The summed E-state index contributed by atoms with van der Waals surface area (Å²) in [6.45, 7) is 7.15. The van der Waals surface area contributed by atoms with Crippen LogP contribution in [0, 0.1) is 13.8 Å². The number of aryl methyl sites for hydroxylation is 2. The number of nitrogens with one attached hydrogen (secondary N) is 2. The fraction of sp³-hybridized carbons (Fsp3) is 0.333. The third-order valence-corrected chi connectivity index (χ3v) is 5.25. The monoisotopic (exact) mass is 387 g/mol. The molecule has 150 valence electrons. The van der Waals surface area contributed by atoms with Crippen LogP contribution in [0.5, 0.6) is 0 Å². The van der Waals surface area contributed by atoms with Gasteiger partial charge in [0.25, 0.3) is 0 Å². The van der Waals surface area contributed by atoms with Crippen molar-refractivity contribution >= 4 is 23.1 Å². The van der Waals surface area contributed by atoms with E-state index >= 15 is 0 Å². The molecule has 1 aromatic heterocycles. The lowest BCUT2D eigenvalue weighted by Crippen LogP contribution is -2.29. The molecule has 29 heavy (non-hydrogen) atoms. The molecule has 0 atom stereocenters. The summed E-state index contributed by atoms with van der Waals surface area (Å²) in [7, 11) is 0. The first-order valence-corrected chi connectivity index (χ1v) is 10.4. The number of nitrogens with zero attached hydrogens (tertiary/aromatic N) is 3. The van der Waals surface area contributed by atoms with Crippen molar-refractivity contribution in [3.8, 4) is 0 Å². The standard InChI is InChI=1S/C24H29N5/c1-18-7-6-8-20(15-18)17-25-23-16-19(2)26-24(28-23)27-21-9-11-22(12-10-21)29-13-4-3-5-14-29/h6-12,15-16H,3-5,13-14,17H2,1-2H3,(H2,25,26,27,28). The highest BCUT2D eigenvalue weighted by Crippen LogP contribution is 2.23. The van der Waals surface area contributed by atoms with E-state index in [1.807, 2.05) is 13.0 Å². The summed E-state index contributed by atoms with van der Waals surface area (Å²) in [5, 5.41) is 6.75. The zero-order valence-electron chi connectivity index (χ0n) is 17.3. The van der Waals surface area contributed by atoms with Gasteiger partial charge in [-0.2, -0.15) is 4.98 Å². The number of anilines is 4. The maximum atomic E-state index is 4.63. The molecule has 5 nitrogen and oxygen atoms in total. The third-order valence-electron chi connectivity index (χ3n) is 5.25. The highest BCUT2D eigenvalue weighted by molar-refractivity contribution is 5.60. The zero-order valence-corrected chi connectivity index (χ0v) is 17.3. The molecule has 0 unspecified atom stereocenters. The summed E-state index contributed by atoms with van der Waals surface area (Å²) < 4.78 is 0. The summed E-state index contributed by atoms with van der Waals surface area (Å²) in [6.07, 6.45) is 3.92. The highest BCUT2D eigenvalue weighted by atomic mass is 15.1. The fourth-order valence-corrected chi connectivity index (χ4v) is 3.77. The van der Waals surface area contributed by atoms with Crippen molar-refractivity contribution in [2.24, 2.45) is 0 Å². The Morgan fingerprint density at radius 1 is 0.897 bits per heavy atom. The van der Waals surface area contributed by atoms with Crippen LogP contribution in [-0.2, 0) is 6.54 Å². The Labute approximate surface area is 173 Å². The second-order valence-corrected chi connectivity index (χ2v) is 7.78. The van der Waals surface area contributed by atoms with Crippen LogP contribution >= 0.6 is 0 Å². The minimum atomic E-state index is 0.613. The molecular formula is C24H29N5. The average molecular weight is 388 g/mol. The zero-order chi connectivity index (χ0) is 20.1. The summed E-state index contributed by atoms with van der Waals surface area (Å²) in [5.41, 5.74) is 5.73. The summed E-state index contributed by atoms with van der Waals surface area (Å²) in [5.74, 6) is 1.44. The molecule has 1 aliphatic rings. The SMILES string of the molecule is Cc1cccc(CNc2cc(C)nc(Nc3ccc(N4CCCCC4)cc3)n2)c1. The van der Waals surface area contributed by atoms with E-state index in [0.29, 0.717) is 5.95 Å². The first-order chi connectivity index (χ1) is 14.2. The molecule has 0 saturated carbocycles. The molecular weight excluding hydrogens is 358 g/mol. The maximum Gasteiger partial charge on any atom is 0.229 e. The molecule has 0 aliphatic carbocycles. The van der Waals surface area contributed by atoms with E-state index in [0.717, 1.165) is 36.8 Å². The minimum absolute atomic E-state index is 0.613. The van der Waals surface area contributed by atoms with Gasteiger partial charge < -0.3 is 15.5 Å². The quantitative estimate of drug-likeness (QED) is 0.590. The van der Waals surface area contributed by atoms with Gasteiger partial charge in [0.1, 0.15) is 5.82 Å². The number of piperidine rings is 1. The van der Waals surface area contributed by atoms with Gasteiger partial charge in [-0.1, -0.05) is 29.8 Å². The van der Waals surface area contributed by atoms with Gasteiger partial charge in [0.15, 0.2) is 0 Å². The molecule has 4 rings (SSSR count). The van der Waals surface area contributed by atoms with Crippen molar-refractivity contribution in [3.63, 3.8) is 0 Å². The summed E-state index contributed by atoms with van der Waals surface area (Å²) in [4.78, 5) is 11.6. The van der Waals surface area contributed by atoms with E-state index < -0.39 is 0 Å². The van der Waals surface area contributed by atoms with Gasteiger partial charge in [0.05, 0.1) is 0 Å². The normalized spacial score (nSPS) is 13.9. The van der Waals surface area contributed by atoms with Crippen LogP contribution in [0.1, 0.15) is 36.1 Å². The number of hydrogen-bond acceptors (Lipinski definition) is 5.